The lowest BCUT2D eigenvalue weighted by atomic mass is 10.3. The van der Waals surface area contributed by atoms with E-state index < -0.39 is 6.10 Å². The Morgan fingerprint density at radius 1 is 1.35 bits per heavy atom. The standard InChI is InChI=1S/C14H21ClN2O3/c1-10(2)16-8-12(18)9-20-13-5-3-11(4-6-13)17-14(19)7-15/h3-6,10,12,16,18H,7-9H2,1-2H3,(H,17,19). The van der Waals surface area contributed by atoms with Crippen molar-refractivity contribution in [2.75, 3.05) is 24.3 Å². The number of anilines is 1. The summed E-state index contributed by atoms with van der Waals surface area (Å²) in [5.74, 6) is 0.306. The summed E-state index contributed by atoms with van der Waals surface area (Å²) in [6.07, 6.45) is -0.562. The summed E-state index contributed by atoms with van der Waals surface area (Å²) in [6, 6.07) is 7.23. The van der Waals surface area contributed by atoms with Gasteiger partial charge in [-0.3, -0.25) is 4.79 Å². The van der Waals surface area contributed by atoms with E-state index in [2.05, 4.69) is 10.6 Å². The highest BCUT2D eigenvalue weighted by Gasteiger charge is 2.06. The van der Waals surface area contributed by atoms with Crippen LogP contribution in [-0.4, -0.2) is 42.2 Å². The van der Waals surface area contributed by atoms with Crippen LogP contribution < -0.4 is 15.4 Å². The van der Waals surface area contributed by atoms with E-state index in [0.717, 1.165) is 0 Å². The summed E-state index contributed by atoms with van der Waals surface area (Å²) in [7, 11) is 0. The van der Waals surface area contributed by atoms with Crippen molar-refractivity contribution in [1.29, 1.82) is 0 Å². The van der Waals surface area contributed by atoms with Gasteiger partial charge in [0, 0.05) is 18.3 Å². The molecule has 0 aliphatic carbocycles. The molecule has 1 amide bonds. The number of hydrogen-bond donors (Lipinski definition) is 3. The molecule has 0 aliphatic heterocycles. The third-order valence-corrected chi connectivity index (χ3v) is 2.71. The molecule has 3 N–H and O–H groups in total. The smallest absolute Gasteiger partial charge is 0.239 e. The average molecular weight is 301 g/mol. The van der Waals surface area contributed by atoms with Gasteiger partial charge < -0.3 is 20.5 Å². The fraction of sp³-hybridized carbons (Fsp3) is 0.500. The molecule has 20 heavy (non-hydrogen) atoms. The van der Waals surface area contributed by atoms with Gasteiger partial charge >= 0.3 is 0 Å². The summed E-state index contributed by atoms with van der Waals surface area (Å²) >= 11 is 5.40. The molecule has 0 spiro atoms. The third kappa shape index (κ3) is 6.75. The zero-order valence-corrected chi connectivity index (χ0v) is 12.5. The average Bonchev–Trinajstić information content (AvgIpc) is 2.44. The van der Waals surface area contributed by atoms with Crippen molar-refractivity contribution in [3.63, 3.8) is 0 Å². The van der Waals surface area contributed by atoms with Gasteiger partial charge in [0.05, 0.1) is 0 Å². The van der Waals surface area contributed by atoms with E-state index in [1.54, 1.807) is 24.3 Å². The van der Waals surface area contributed by atoms with Gasteiger partial charge in [0.2, 0.25) is 5.91 Å². The van der Waals surface area contributed by atoms with Gasteiger partial charge in [-0.2, -0.15) is 0 Å². The molecule has 6 heteroatoms. The molecule has 0 saturated heterocycles. The van der Waals surface area contributed by atoms with Crippen molar-refractivity contribution in [1.82, 2.24) is 5.32 Å². The molecule has 0 aliphatic rings. The molecule has 1 aromatic carbocycles. The van der Waals surface area contributed by atoms with Gasteiger partial charge in [0.25, 0.3) is 0 Å². The number of aliphatic hydroxyl groups excluding tert-OH is 1. The van der Waals surface area contributed by atoms with Crippen LogP contribution >= 0.6 is 11.6 Å². The number of benzene rings is 1. The number of nitrogens with one attached hydrogen (secondary N) is 2. The fourth-order valence-electron chi connectivity index (χ4n) is 1.45. The van der Waals surface area contributed by atoms with E-state index >= 15 is 0 Å². The van der Waals surface area contributed by atoms with Gasteiger partial charge in [0.15, 0.2) is 0 Å². The van der Waals surface area contributed by atoms with Crippen molar-refractivity contribution in [3.05, 3.63) is 24.3 Å². The van der Waals surface area contributed by atoms with Gasteiger partial charge in [0.1, 0.15) is 24.3 Å². The molecule has 0 aromatic heterocycles. The normalized spacial score (nSPS) is 12.2. The van der Waals surface area contributed by atoms with Crippen LogP contribution in [0.2, 0.25) is 0 Å². The van der Waals surface area contributed by atoms with Crippen molar-refractivity contribution >= 4 is 23.2 Å². The highest BCUT2D eigenvalue weighted by atomic mass is 35.5. The summed E-state index contributed by atoms with van der Waals surface area (Å²) in [4.78, 5) is 11.1. The lowest BCUT2D eigenvalue weighted by Gasteiger charge is -2.15. The Kier molecular flexibility index (Phi) is 7.36. The first-order valence-electron chi connectivity index (χ1n) is 6.51. The Morgan fingerprint density at radius 3 is 2.55 bits per heavy atom. The van der Waals surface area contributed by atoms with Crippen LogP contribution in [0.1, 0.15) is 13.8 Å². The fourth-order valence-corrected chi connectivity index (χ4v) is 1.52. The quantitative estimate of drug-likeness (QED) is 0.638. The molecule has 1 aromatic rings. The highest BCUT2D eigenvalue weighted by molar-refractivity contribution is 6.29. The van der Waals surface area contributed by atoms with E-state index in [0.29, 0.717) is 24.0 Å². The number of aliphatic hydroxyl groups is 1. The largest absolute Gasteiger partial charge is 0.491 e. The van der Waals surface area contributed by atoms with Crippen molar-refractivity contribution in [3.8, 4) is 5.75 Å². The molecular weight excluding hydrogens is 280 g/mol. The summed E-state index contributed by atoms with van der Waals surface area (Å²) < 4.78 is 5.46. The summed E-state index contributed by atoms with van der Waals surface area (Å²) in [6.45, 7) is 4.73. The van der Waals surface area contributed by atoms with Crippen LogP contribution in [0.3, 0.4) is 0 Å². The van der Waals surface area contributed by atoms with Crippen LogP contribution in [0, 0.1) is 0 Å². The predicted octanol–water partition coefficient (Wildman–Crippen LogP) is 1.60. The number of carbonyl (C=O) groups excluding carboxylic acids is 1. The van der Waals surface area contributed by atoms with Crippen molar-refractivity contribution in [2.24, 2.45) is 0 Å². The van der Waals surface area contributed by atoms with Crippen molar-refractivity contribution < 1.29 is 14.6 Å². The van der Waals surface area contributed by atoms with E-state index in [4.69, 9.17) is 16.3 Å². The van der Waals surface area contributed by atoms with Crippen LogP contribution in [0.25, 0.3) is 0 Å². The summed E-state index contributed by atoms with van der Waals surface area (Å²) in [5, 5.41) is 15.5. The minimum Gasteiger partial charge on any atom is -0.491 e. The number of hydrogen-bond acceptors (Lipinski definition) is 4. The Labute approximate surface area is 124 Å². The van der Waals surface area contributed by atoms with Crippen LogP contribution in [0.5, 0.6) is 5.75 Å². The Bertz CT molecular complexity index is 409. The van der Waals surface area contributed by atoms with Crippen LogP contribution in [0.15, 0.2) is 24.3 Å². The Hall–Kier alpha value is -1.30. The van der Waals surface area contributed by atoms with Gasteiger partial charge in [-0.25, -0.2) is 0 Å². The minimum atomic E-state index is -0.562. The molecule has 1 rings (SSSR count). The molecule has 5 nitrogen and oxygen atoms in total. The molecule has 0 fully saturated rings. The van der Waals surface area contributed by atoms with E-state index in [-0.39, 0.29) is 18.4 Å². The lowest BCUT2D eigenvalue weighted by Crippen LogP contribution is -2.35. The first kappa shape index (κ1) is 16.8. The molecule has 0 bridgehead atoms. The molecule has 112 valence electrons. The highest BCUT2D eigenvalue weighted by Crippen LogP contribution is 2.15. The van der Waals surface area contributed by atoms with E-state index in [9.17, 15) is 9.90 Å². The maximum Gasteiger partial charge on any atom is 0.239 e. The maximum atomic E-state index is 11.1. The molecule has 1 atom stereocenters. The second-order valence-electron chi connectivity index (χ2n) is 4.73. The second kappa shape index (κ2) is 8.79. The zero-order valence-electron chi connectivity index (χ0n) is 11.7. The number of rotatable bonds is 8. The topological polar surface area (TPSA) is 70.6 Å². The van der Waals surface area contributed by atoms with E-state index in [1.165, 1.54) is 0 Å². The molecule has 0 saturated carbocycles. The SMILES string of the molecule is CC(C)NCC(O)COc1ccc(NC(=O)CCl)cc1. The summed E-state index contributed by atoms with van der Waals surface area (Å²) in [5.41, 5.74) is 0.657. The van der Waals surface area contributed by atoms with E-state index in [1.807, 2.05) is 13.8 Å². The Balaban J connectivity index is 2.36. The van der Waals surface area contributed by atoms with Gasteiger partial charge in [-0.15, -0.1) is 11.6 Å². The number of halogens is 1. The monoisotopic (exact) mass is 300 g/mol. The number of ether oxygens (including phenoxy) is 1. The minimum absolute atomic E-state index is 0.0761. The predicted molar refractivity (Wildman–Crippen MR) is 80.4 cm³/mol. The zero-order chi connectivity index (χ0) is 15.0. The molecule has 0 radical (unpaired) electrons. The first-order chi connectivity index (χ1) is 9.51. The first-order valence-corrected chi connectivity index (χ1v) is 7.05. The molecular formula is C14H21ClN2O3. The number of carbonyl (C=O) groups is 1. The maximum absolute atomic E-state index is 11.1. The van der Waals surface area contributed by atoms with Crippen LogP contribution in [0.4, 0.5) is 5.69 Å². The van der Waals surface area contributed by atoms with Gasteiger partial charge in [-0.05, 0) is 24.3 Å². The Morgan fingerprint density at radius 2 is 2.00 bits per heavy atom. The third-order valence-electron chi connectivity index (χ3n) is 2.46. The lowest BCUT2D eigenvalue weighted by molar-refractivity contribution is -0.113. The molecule has 1 unspecified atom stereocenters. The number of amides is 1. The number of alkyl halides is 1. The van der Waals surface area contributed by atoms with Gasteiger partial charge in [-0.1, -0.05) is 13.8 Å². The van der Waals surface area contributed by atoms with Crippen LogP contribution in [-0.2, 0) is 4.79 Å². The second-order valence-corrected chi connectivity index (χ2v) is 5.00. The molecule has 0 heterocycles. The van der Waals surface area contributed by atoms with Crippen molar-refractivity contribution in [2.45, 2.75) is 26.0 Å².